The van der Waals surface area contributed by atoms with Crippen LogP contribution in [0.3, 0.4) is 0 Å². The lowest BCUT2D eigenvalue weighted by Crippen LogP contribution is -2.07. The largest absolute Gasteiger partial charge is 0.465 e. The van der Waals surface area contributed by atoms with E-state index in [0.29, 0.717) is 18.9 Å². The molecule has 1 saturated carbocycles. The van der Waals surface area contributed by atoms with Crippen molar-refractivity contribution in [2.75, 3.05) is 6.61 Å². The molecule has 0 unspecified atom stereocenters. The highest BCUT2D eigenvalue weighted by Gasteiger charge is 2.36. The molecule has 0 saturated heterocycles. The van der Waals surface area contributed by atoms with Crippen molar-refractivity contribution in [1.82, 2.24) is 0 Å². The number of ether oxygens (including phenoxy) is 1. The second kappa shape index (κ2) is 21.0. The van der Waals surface area contributed by atoms with Crippen LogP contribution in [-0.4, -0.2) is 23.8 Å². The van der Waals surface area contributed by atoms with Gasteiger partial charge in [0.1, 0.15) is 0 Å². The van der Waals surface area contributed by atoms with Crippen LogP contribution in [0.25, 0.3) is 0 Å². The Morgan fingerprint density at radius 3 is 1.81 bits per heavy atom. The number of carbonyl (C=O) groups excluding carboxylic acids is 1. The summed E-state index contributed by atoms with van der Waals surface area (Å²) in [4.78, 5) is 11.9. The average molecular weight is 453 g/mol. The lowest BCUT2D eigenvalue weighted by atomic mass is 10.0. The second-order valence-electron chi connectivity index (χ2n) is 10.5. The molecule has 32 heavy (non-hydrogen) atoms. The Bertz CT molecular complexity index is 423. The standard InChI is InChI=1S/C29H56O3/c1-3-5-7-9-10-13-17-21-28(30)22-18-14-11-12-15-19-23-29(31)32-25-27-24-26(27)20-16-8-6-4-2/h26-28,30H,3-25H2,1-2H3/t26-,27+,28-/m0/s1. The molecule has 0 bridgehead atoms. The Hall–Kier alpha value is -0.570. The normalized spacial score (nSPS) is 18.6. The van der Waals surface area contributed by atoms with Crippen molar-refractivity contribution in [1.29, 1.82) is 0 Å². The van der Waals surface area contributed by atoms with E-state index in [9.17, 15) is 9.90 Å². The Kier molecular flexibility index (Phi) is 19.3. The number of unbranched alkanes of at least 4 members (excludes halogenated alkanes) is 14. The molecule has 3 heteroatoms. The Labute approximate surface area is 200 Å². The number of hydrogen-bond donors (Lipinski definition) is 1. The molecule has 1 fully saturated rings. The van der Waals surface area contributed by atoms with Crippen molar-refractivity contribution in [2.45, 2.75) is 161 Å². The molecule has 0 spiro atoms. The van der Waals surface area contributed by atoms with Crippen LogP contribution in [0.1, 0.15) is 155 Å². The summed E-state index contributed by atoms with van der Waals surface area (Å²) < 4.78 is 5.49. The Morgan fingerprint density at radius 1 is 0.719 bits per heavy atom. The number of aliphatic hydroxyl groups is 1. The number of aliphatic hydroxyl groups excluding tert-OH is 1. The smallest absolute Gasteiger partial charge is 0.305 e. The molecule has 1 aliphatic carbocycles. The van der Waals surface area contributed by atoms with Gasteiger partial charge in [0.15, 0.2) is 0 Å². The van der Waals surface area contributed by atoms with Gasteiger partial charge in [0.2, 0.25) is 0 Å². The predicted octanol–water partition coefficient (Wildman–Crippen LogP) is 8.76. The first-order chi connectivity index (χ1) is 15.7. The highest BCUT2D eigenvalue weighted by molar-refractivity contribution is 5.69. The molecular weight excluding hydrogens is 396 g/mol. The van der Waals surface area contributed by atoms with Crippen LogP contribution in [0.4, 0.5) is 0 Å². The molecular formula is C29H56O3. The zero-order valence-electron chi connectivity index (χ0n) is 21.8. The van der Waals surface area contributed by atoms with Crippen molar-refractivity contribution in [3.8, 4) is 0 Å². The fraction of sp³-hybridized carbons (Fsp3) is 0.966. The highest BCUT2D eigenvalue weighted by atomic mass is 16.5. The molecule has 0 aromatic heterocycles. The van der Waals surface area contributed by atoms with E-state index < -0.39 is 0 Å². The first-order valence-electron chi connectivity index (χ1n) is 14.5. The summed E-state index contributed by atoms with van der Waals surface area (Å²) in [5.41, 5.74) is 0. The fourth-order valence-corrected chi connectivity index (χ4v) is 4.81. The van der Waals surface area contributed by atoms with Crippen molar-refractivity contribution in [2.24, 2.45) is 11.8 Å². The second-order valence-corrected chi connectivity index (χ2v) is 10.5. The Morgan fingerprint density at radius 2 is 1.22 bits per heavy atom. The average Bonchev–Trinajstić information content (AvgIpc) is 3.54. The van der Waals surface area contributed by atoms with E-state index in [4.69, 9.17) is 4.74 Å². The van der Waals surface area contributed by atoms with Gasteiger partial charge in [0.05, 0.1) is 12.7 Å². The van der Waals surface area contributed by atoms with Crippen LogP contribution in [0.15, 0.2) is 0 Å². The van der Waals surface area contributed by atoms with E-state index >= 15 is 0 Å². The first-order valence-corrected chi connectivity index (χ1v) is 14.5. The van der Waals surface area contributed by atoms with E-state index in [1.54, 1.807) is 0 Å². The van der Waals surface area contributed by atoms with E-state index in [-0.39, 0.29) is 12.1 Å². The first kappa shape index (κ1) is 29.5. The van der Waals surface area contributed by atoms with Gasteiger partial charge in [-0.3, -0.25) is 4.79 Å². The zero-order valence-corrected chi connectivity index (χ0v) is 21.8. The van der Waals surface area contributed by atoms with Crippen molar-refractivity contribution < 1.29 is 14.6 Å². The summed E-state index contributed by atoms with van der Waals surface area (Å²) in [5.74, 6) is 1.49. The third-order valence-corrected chi connectivity index (χ3v) is 7.27. The highest BCUT2D eigenvalue weighted by Crippen LogP contribution is 2.42. The minimum Gasteiger partial charge on any atom is -0.465 e. The van der Waals surface area contributed by atoms with E-state index in [2.05, 4.69) is 13.8 Å². The molecule has 1 aliphatic rings. The topological polar surface area (TPSA) is 46.5 Å². The lowest BCUT2D eigenvalue weighted by molar-refractivity contribution is -0.144. The molecule has 1 rings (SSSR count). The molecule has 0 heterocycles. The van der Waals surface area contributed by atoms with Gasteiger partial charge in [-0.15, -0.1) is 0 Å². The number of hydrogen-bond acceptors (Lipinski definition) is 3. The van der Waals surface area contributed by atoms with Crippen LogP contribution in [-0.2, 0) is 9.53 Å². The van der Waals surface area contributed by atoms with Crippen molar-refractivity contribution in [3.63, 3.8) is 0 Å². The SMILES string of the molecule is CCCCCCCCC[C@H](O)CCCCCCCCC(=O)OC[C@H]1C[C@@H]1CCCCCC. The summed E-state index contributed by atoms with van der Waals surface area (Å²) in [5, 5.41) is 10.1. The minimum absolute atomic E-state index is 0.00937. The molecule has 3 atom stereocenters. The monoisotopic (exact) mass is 452 g/mol. The minimum atomic E-state index is -0.0946. The molecule has 0 aromatic carbocycles. The van der Waals surface area contributed by atoms with Crippen LogP contribution in [0.2, 0.25) is 0 Å². The van der Waals surface area contributed by atoms with E-state index in [1.807, 2.05) is 0 Å². The molecule has 0 aliphatic heterocycles. The lowest BCUT2D eigenvalue weighted by Gasteiger charge is -2.10. The van der Waals surface area contributed by atoms with Crippen LogP contribution in [0.5, 0.6) is 0 Å². The van der Waals surface area contributed by atoms with Gasteiger partial charge in [-0.1, -0.05) is 123 Å². The maximum Gasteiger partial charge on any atom is 0.305 e. The fourth-order valence-electron chi connectivity index (χ4n) is 4.81. The van der Waals surface area contributed by atoms with Gasteiger partial charge in [-0.2, -0.15) is 0 Å². The summed E-state index contributed by atoms with van der Waals surface area (Å²) >= 11 is 0. The molecule has 0 radical (unpaired) electrons. The molecule has 0 amide bonds. The van der Waals surface area contributed by atoms with Crippen molar-refractivity contribution >= 4 is 5.97 Å². The third kappa shape index (κ3) is 17.9. The van der Waals surface area contributed by atoms with E-state index in [1.165, 1.54) is 103 Å². The van der Waals surface area contributed by atoms with Crippen LogP contribution >= 0.6 is 0 Å². The maximum absolute atomic E-state index is 11.9. The molecule has 1 N–H and O–H groups in total. The third-order valence-electron chi connectivity index (χ3n) is 7.27. The van der Waals surface area contributed by atoms with Gasteiger partial charge >= 0.3 is 5.97 Å². The van der Waals surface area contributed by atoms with E-state index in [0.717, 1.165) is 38.0 Å². The van der Waals surface area contributed by atoms with Gasteiger partial charge in [0, 0.05) is 6.42 Å². The van der Waals surface area contributed by atoms with Crippen LogP contribution < -0.4 is 0 Å². The zero-order chi connectivity index (χ0) is 23.3. The van der Waals surface area contributed by atoms with Gasteiger partial charge in [-0.05, 0) is 37.5 Å². The van der Waals surface area contributed by atoms with Gasteiger partial charge < -0.3 is 9.84 Å². The number of carbonyl (C=O) groups is 1. The quantitative estimate of drug-likeness (QED) is 0.118. The number of rotatable bonds is 24. The summed E-state index contributed by atoms with van der Waals surface area (Å²) in [6, 6.07) is 0. The predicted molar refractivity (Wildman–Crippen MR) is 137 cm³/mol. The number of esters is 1. The van der Waals surface area contributed by atoms with Crippen molar-refractivity contribution in [3.05, 3.63) is 0 Å². The summed E-state index contributed by atoms with van der Waals surface area (Å²) in [6.45, 7) is 5.18. The molecule has 3 nitrogen and oxygen atoms in total. The maximum atomic E-state index is 11.9. The van der Waals surface area contributed by atoms with Gasteiger partial charge in [0.25, 0.3) is 0 Å². The summed E-state index contributed by atoms with van der Waals surface area (Å²) in [6.07, 6.45) is 26.5. The Balaban J connectivity index is 1.78. The molecule has 190 valence electrons. The summed E-state index contributed by atoms with van der Waals surface area (Å²) in [7, 11) is 0. The molecule has 0 aromatic rings. The van der Waals surface area contributed by atoms with Crippen LogP contribution in [0, 0.1) is 11.8 Å². The van der Waals surface area contributed by atoms with Gasteiger partial charge in [-0.25, -0.2) is 0 Å².